The predicted molar refractivity (Wildman–Crippen MR) is 114 cm³/mol. The normalized spacial score (nSPS) is 12.7. The summed E-state index contributed by atoms with van der Waals surface area (Å²) in [5, 5.41) is 15.8. The summed E-state index contributed by atoms with van der Waals surface area (Å²) in [6.07, 6.45) is 2.13. The van der Waals surface area contributed by atoms with Crippen LogP contribution in [0.3, 0.4) is 0 Å². The van der Waals surface area contributed by atoms with Gasteiger partial charge in [0.2, 0.25) is 0 Å². The first-order valence-corrected chi connectivity index (χ1v) is 10.7. The first-order chi connectivity index (χ1) is 13.9. The average Bonchev–Trinajstić information content (AvgIpc) is 3.23. The van der Waals surface area contributed by atoms with Crippen LogP contribution in [0.4, 0.5) is 0 Å². The molecule has 9 nitrogen and oxygen atoms in total. The molecule has 2 aromatic heterocycles. The number of nitrogens with zero attached hydrogens (tertiary/aromatic N) is 5. The lowest BCUT2D eigenvalue weighted by molar-refractivity contribution is 0.0531. The Morgan fingerprint density at radius 2 is 2.07 bits per heavy atom. The Hall–Kier alpha value is -2.49. The van der Waals surface area contributed by atoms with Crippen molar-refractivity contribution in [1.29, 1.82) is 0 Å². The number of thiazole rings is 1. The molecule has 2 rings (SSSR count). The Bertz CT molecular complexity index is 844. The van der Waals surface area contributed by atoms with Crippen LogP contribution < -0.4 is 10.6 Å². The highest BCUT2D eigenvalue weighted by Crippen LogP contribution is 2.24. The van der Waals surface area contributed by atoms with E-state index < -0.39 is 0 Å². The van der Waals surface area contributed by atoms with Crippen molar-refractivity contribution in [3.05, 3.63) is 27.2 Å². The van der Waals surface area contributed by atoms with Crippen molar-refractivity contribution in [3.8, 4) is 0 Å². The summed E-state index contributed by atoms with van der Waals surface area (Å²) in [6.45, 7) is 11.2. The lowest BCUT2D eigenvalue weighted by Gasteiger charge is -2.16. The molecule has 1 unspecified atom stereocenters. The molecule has 2 N–H and O–H groups in total. The smallest absolute Gasteiger partial charge is 0.350 e. The fourth-order valence-electron chi connectivity index (χ4n) is 2.53. The number of carbonyl (C=O) groups excluding carboxylic acids is 1. The van der Waals surface area contributed by atoms with Gasteiger partial charge in [-0.2, -0.15) is 0 Å². The standard InChI is InChI=1S/C19H31N7O2S/c1-7-9-10-20-19(21-11-15-25-24-14(5)26(15)6)23-13(4)17-22-12(3)16(29-17)18(27)28-8-2/h13H,7-11H2,1-6H3,(H2,20,21,23). The molecule has 0 aliphatic heterocycles. The number of nitrogens with one attached hydrogen (secondary N) is 2. The number of aromatic nitrogens is 4. The number of hydrogen-bond acceptors (Lipinski definition) is 7. The number of esters is 1. The monoisotopic (exact) mass is 421 g/mol. The van der Waals surface area contributed by atoms with Crippen LogP contribution in [0.15, 0.2) is 4.99 Å². The number of rotatable bonds is 9. The molecule has 29 heavy (non-hydrogen) atoms. The van der Waals surface area contributed by atoms with Crippen LogP contribution in [0, 0.1) is 13.8 Å². The van der Waals surface area contributed by atoms with E-state index in [9.17, 15) is 4.79 Å². The molecular formula is C19H31N7O2S. The second kappa shape index (κ2) is 10.9. The van der Waals surface area contributed by atoms with Gasteiger partial charge in [-0.15, -0.1) is 21.5 Å². The van der Waals surface area contributed by atoms with E-state index in [1.807, 2.05) is 32.4 Å². The van der Waals surface area contributed by atoms with Crippen LogP contribution in [0.1, 0.15) is 71.7 Å². The van der Waals surface area contributed by atoms with Crippen LogP contribution >= 0.6 is 11.3 Å². The number of aryl methyl sites for hydroxylation is 2. The van der Waals surface area contributed by atoms with Crippen molar-refractivity contribution in [2.75, 3.05) is 13.2 Å². The topological polar surface area (TPSA) is 106 Å². The van der Waals surface area contributed by atoms with E-state index in [4.69, 9.17) is 4.74 Å². The van der Waals surface area contributed by atoms with E-state index in [0.717, 1.165) is 36.0 Å². The maximum absolute atomic E-state index is 12.1. The highest BCUT2D eigenvalue weighted by molar-refractivity contribution is 7.13. The lowest BCUT2D eigenvalue weighted by atomic mass is 10.3. The largest absolute Gasteiger partial charge is 0.462 e. The molecule has 160 valence electrons. The predicted octanol–water partition coefficient (Wildman–Crippen LogP) is 2.66. The van der Waals surface area contributed by atoms with Gasteiger partial charge in [0, 0.05) is 13.6 Å². The molecule has 2 aromatic rings. The number of aliphatic imine (C=N–C) groups is 1. The summed E-state index contributed by atoms with van der Waals surface area (Å²) in [7, 11) is 1.93. The van der Waals surface area contributed by atoms with Gasteiger partial charge in [-0.05, 0) is 34.1 Å². The number of unbranched alkanes of at least 4 members (excludes halogenated alkanes) is 1. The maximum Gasteiger partial charge on any atom is 0.350 e. The van der Waals surface area contributed by atoms with Gasteiger partial charge >= 0.3 is 5.97 Å². The van der Waals surface area contributed by atoms with Crippen LogP contribution in [-0.2, 0) is 18.3 Å². The number of carbonyl (C=O) groups is 1. The maximum atomic E-state index is 12.1. The zero-order valence-corrected chi connectivity index (χ0v) is 18.9. The third-order valence-electron chi connectivity index (χ3n) is 4.38. The lowest BCUT2D eigenvalue weighted by Crippen LogP contribution is -2.39. The van der Waals surface area contributed by atoms with E-state index in [2.05, 4.69) is 37.7 Å². The Morgan fingerprint density at radius 3 is 2.69 bits per heavy atom. The van der Waals surface area contributed by atoms with E-state index in [0.29, 0.717) is 29.7 Å². The Balaban J connectivity index is 2.12. The highest BCUT2D eigenvalue weighted by atomic mass is 32.1. The van der Waals surface area contributed by atoms with Gasteiger partial charge in [0.25, 0.3) is 0 Å². The Kier molecular flexibility index (Phi) is 8.56. The molecule has 0 aliphatic carbocycles. The molecule has 0 aromatic carbocycles. The van der Waals surface area contributed by atoms with Crippen molar-refractivity contribution in [2.45, 2.75) is 60.0 Å². The summed E-state index contributed by atoms with van der Waals surface area (Å²) in [5.74, 6) is 1.99. The minimum absolute atomic E-state index is 0.115. The summed E-state index contributed by atoms with van der Waals surface area (Å²) in [5.41, 5.74) is 0.684. The van der Waals surface area contributed by atoms with Crippen LogP contribution in [0.5, 0.6) is 0 Å². The summed E-state index contributed by atoms with van der Waals surface area (Å²) in [4.78, 5) is 21.8. The van der Waals surface area contributed by atoms with Gasteiger partial charge < -0.3 is 19.9 Å². The van der Waals surface area contributed by atoms with Gasteiger partial charge in [-0.1, -0.05) is 13.3 Å². The molecule has 0 saturated carbocycles. The second-order valence-electron chi connectivity index (χ2n) is 6.72. The molecule has 0 radical (unpaired) electrons. The van der Waals surface area contributed by atoms with Gasteiger partial charge in [0.15, 0.2) is 11.8 Å². The zero-order valence-electron chi connectivity index (χ0n) is 18.1. The molecule has 0 bridgehead atoms. The summed E-state index contributed by atoms with van der Waals surface area (Å²) < 4.78 is 7.03. The van der Waals surface area contributed by atoms with Gasteiger partial charge in [0.1, 0.15) is 22.3 Å². The minimum atomic E-state index is -0.325. The first kappa shape index (κ1) is 22.8. The molecule has 0 fully saturated rings. The van der Waals surface area contributed by atoms with Gasteiger partial charge in [0.05, 0.1) is 18.3 Å². The number of guanidine groups is 1. The second-order valence-corrected chi connectivity index (χ2v) is 7.75. The molecule has 0 aliphatic rings. The summed E-state index contributed by atoms with van der Waals surface area (Å²) in [6, 6.07) is -0.115. The molecule has 0 amide bonds. The molecule has 0 saturated heterocycles. The van der Waals surface area contributed by atoms with Crippen LogP contribution in [0.2, 0.25) is 0 Å². The molecule has 10 heteroatoms. The molecular weight excluding hydrogens is 390 g/mol. The number of hydrogen-bond donors (Lipinski definition) is 2. The number of ether oxygens (including phenoxy) is 1. The van der Waals surface area contributed by atoms with Crippen LogP contribution in [-0.4, -0.2) is 44.8 Å². The minimum Gasteiger partial charge on any atom is -0.462 e. The first-order valence-electron chi connectivity index (χ1n) is 9.91. The Morgan fingerprint density at radius 1 is 1.31 bits per heavy atom. The zero-order chi connectivity index (χ0) is 21.4. The fourth-order valence-corrected chi connectivity index (χ4v) is 3.49. The molecule has 0 spiro atoms. The molecule has 1 atom stereocenters. The summed E-state index contributed by atoms with van der Waals surface area (Å²) >= 11 is 1.35. The van der Waals surface area contributed by atoms with Crippen molar-refractivity contribution in [1.82, 2.24) is 30.4 Å². The van der Waals surface area contributed by atoms with Crippen LogP contribution in [0.25, 0.3) is 0 Å². The van der Waals surface area contributed by atoms with Crippen molar-refractivity contribution >= 4 is 23.3 Å². The van der Waals surface area contributed by atoms with E-state index >= 15 is 0 Å². The molecule has 2 heterocycles. The fraction of sp³-hybridized carbons (Fsp3) is 0.632. The van der Waals surface area contributed by atoms with E-state index in [1.165, 1.54) is 11.3 Å². The van der Waals surface area contributed by atoms with E-state index in [-0.39, 0.29) is 12.0 Å². The average molecular weight is 422 g/mol. The van der Waals surface area contributed by atoms with E-state index in [1.54, 1.807) is 6.92 Å². The quantitative estimate of drug-likeness (QED) is 0.277. The third-order valence-corrected chi connectivity index (χ3v) is 5.70. The van der Waals surface area contributed by atoms with Crippen molar-refractivity contribution < 1.29 is 9.53 Å². The van der Waals surface area contributed by atoms with Gasteiger partial charge in [-0.25, -0.2) is 14.8 Å². The SMILES string of the molecule is CCCCNC(=NCc1nnc(C)n1C)NC(C)c1nc(C)c(C(=O)OCC)s1. The van der Waals surface area contributed by atoms with Gasteiger partial charge in [-0.3, -0.25) is 0 Å². The third kappa shape index (κ3) is 6.25. The van der Waals surface area contributed by atoms with Crippen molar-refractivity contribution in [3.63, 3.8) is 0 Å². The highest BCUT2D eigenvalue weighted by Gasteiger charge is 2.20. The Labute approximate surface area is 176 Å². The van der Waals surface area contributed by atoms with Crippen molar-refractivity contribution in [2.24, 2.45) is 12.0 Å².